The number of amides is 1. The third kappa shape index (κ3) is 4.75. The van der Waals surface area contributed by atoms with Crippen LogP contribution < -0.4 is 5.32 Å². The largest absolute Gasteiger partial charge is 0.389 e. The summed E-state index contributed by atoms with van der Waals surface area (Å²) in [5, 5.41) is 22.3. The molecule has 1 fully saturated rings. The molecule has 4 atom stereocenters. The monoisotopic (exact) mass is 272 g/mol. The molecule has 1 heterocycles. The summed E-state index contributed by atoms with van der Waals surface area (Å²) >= 11 is 0. The molecule has 1 saturated heterocycles. The molecule has 0 spiro atoms. The molecule has 0 saturated carbocycles. The number of piperidine rings is 1. The van der Waals surface area contributed by atoms with Crippen molar-refractivity contribution in [3.8, 4) is 0 Å². The Kier molecular flexibility index (Phi) is 6.75. The minimum atomic E-state index is -0.910. The smallest absolute Gasteiger partial charge is 0.207 e. The number of nitrogens with one attached hydrogen (secondary N) is 1. The highest BCUT2D eigenvalue weighted by Gasteiger charge is 2.32. The van der Waals surface area contributed by atoms with Crippen LogP contribution in [0.4, 0.5) is 0 Å². The summed E-state index contributed by atoms with van der Waals surface area (Å²) in [4.78, 5) is 12.5. The van der Waals surface area contributed by atoms with E-state index in [0.717, 1.165) is 12.8 Å². The molecule has 1 aliphatic rings. The second-order valence-electron chi connectivity index (χ2n) is 5.95. The van der Waals surface area contributed by atoms with Gasteiger partial charge in [-0.2, -0.15) is 0 Å². The van der Waals surface area contributed by atoms with E-state index < -0.39 is 12.2 Å². The molecule has 3 N–H and O–H groups in total. The Morgan fingerprint density at radius 2 is 2.00 bits per heavy atom. The number of aliphatic hydroxyl groups excluding tert-OH is 2. The summed E-state index contributed by atoms with van der Waals surface area (Å²) in [5.74, 6) is 0.542. The quantitative estimate of drug-likeness (QED) is 0.585. The summed E-state index contributed by atoms with van der Waals surface area (Å²) < 4.78 is 0. The van der Waals surface area contributed by atoms with E-state index in [1.54, 1.807) is 0 Å². The zero-order chi connectivity index (χ0) is 14.4. The summed E-state index contributed by atoms with van der Waals surface area (Å²) in [6.07, 6.45) is 2.32. The van der Waals surface area contributed by atoms with Gasteiger partial charge in [-0.15, -0.1) is 0 Å². The number of rotatable bonds is 7. The molecule has 5 nitrogen and oxygen atoms in total. The molecule has 0 aromatic rings. The van der Waals surface area contributed by atoms with Crippen LogP contribution in [0.5, 0.6) is 0 Å². The lowest BCUT2D eigenvalue weighted by Gasteiger charge is -2.44. The Morgan fingerprint density at radius 1 is 1.32 bits per heavy atom. The van der Waals surface area contributed by atoms with Gasteiger partial charge in [-0.3, -0.25) is 9.69 Å². The summed E-state index contributed by atoms with van der Waals surface area (Å²) in [6, 6.07) is 0.895. The second-order valence-corrected chi connectivity index (χ2v) is 5.95. The Bertz CT molecular complexity index is 273. The standard InChI is InChI=1S/C14H28N2O3/c1-10(2)12-6-4-5-11(3)16(12)8-14(19)13(18)7-15-9-17/h9-14,18-19H,4-8H2,1-3H3,(H,15,17). The Morgan fingerprint density at radius 3 is 2.58 bits per heavy atom. The first-order valence-corrected chi connectivity index (χ1v) is 7.26. The van der Waals surface area contributed by atoms with Crippen LogP contribution in [-0.2, 0) is 4.79 Å². The highest BCUT2D eigenvalue weighted by Crippen LogP contribution is 2.27. The van der Waals surface area contributed by atoms with E-state index in [-0.39, 0.29) is 6.54 Å². The summed E-state index contributed by atoms with van der Waals surface area (Å²) in [6.45, 7) is 7.14. The third-order valence-electron chi connectivity index (χ3n) is 4.14. The third-order valence-corrected chi connectivity index (χ3v) is 4.14. The van der Waals surface area contributed by atoms with Crippen LogP contribution in [-0.4, -0.2) is 58.9 Å². The molecular formula is C14H28N2O3. The first kappa shape index (κ1) is 16.4. The predicted molar refractivity (Wildman–Crippen MR) is 74.7 cm³/mol. The van der Waals surface area contributed by atoms with Crippen molar-refractivity contribution in [1.29, 1.82) is 0 Å². The van der Waals surface area contributed by atoms with E-state index >= 15 is 0 Å². The molecule has 112 valence electrons. The minimum Gasteiger partial charge on any atom is -0.389 e. The van der Waals surface area contributed by atoms with Crippen LogP contribution in [0.15, 0.2) is 0 Å². The van der Waals surface area contributed by atoms with Crippen LogP contribution in [0.25, 0.3) is 0 Å². The number of likely N-dealkylation sites (tertiary alicyclic amines) is 1. The molecule has 19 heavy (non-hydrogen) atoms. The van der Waals surface area contributed by atoms with Gasteiger partial charge in [-0.05, 0) is 25.7 Å². The van der Waals surface area contributed by atoms with E-state index in [1.807, 2.05) is 0 Å². The lowest BCUT2D eigenvalue weighted by atomic mass is 9.89. The molecule has 4 unspecified atom stereocenters. The van der Waals surface area contributed by atoms with Gasteiger partial charge in [0.05, 0.1) is 12.2 Å². The first-order chi connectivity index (χ1) is 8.97. The van der Waals surface area contributed by atoms with Crippen molar-refractivity contribution in [2.24, 2.45) is 5.92 Å². The molecule has 0 aromatic heterocycles. The number of carbonyl (C=O) groups excluding carboxylic acids is 1. The molecular weight excluding hydrogens is 244 g/mol. The van der Waals surface area contributed by atoms with Gasteiger partial charge in [-0.1, -0.05) is 20.3 Å². The van der Waals surface area contributed by atoms with E-state index in [9.17, 15) is 15.0 Å². The van der Waals surface area contributed by atoms with Crippen molar-refractivity contribution >= 4 is 6.41 Å². The minimum absolute atomic E-state index is 0.0965. The van der Waals surface area contributed by atoms with Crippen molar-refractivity contribution in [3.05, 3.63) is 0 Å². The maximum Gasteiger partial charge on any atom is 0.207 e. The molecule has 0 aliphatic carbocycles. The normalized spacial score (nSPS) is 28.1. The highest BCUT2D eigenvalue weighted by molar-refractivity contribution is 5.45. The summed E-state index contributed by atoms with van der Waals surface area (Å²) in [7, 11) is 0. The maximum atomic E-state index is 10.2. The molecule has 1 rings (SSSR count). The SMILES string of the molecule is CC(C)C1CCCC(C)N1CC(O)C(O)CNC=O. The predicted octanol–water partition coefficient (Wildman–Crippen LogP) is 0.353. The first-order valence-electron chi connectivity index (χ1n) is 7.26. The van der Waals surface area contributed by atoms with Crippen molar-refractivity contribution in [3.63, 3.8) is 0 Å². The van der Waals surface area contributed by atoms with E-state index in [4.69, 9.17) is 0 Å². The molecule has 0 bridgehead atoms. The molecule has 0 radical (unpaired) electrons. The van der Waals surface area contributed by atoms with Crippen molar-refractivity contribution in [1.82, 2.24) is 10.2 Å². The van der Waals surface area contributed by atoms with E-state index in [0.29, 0.717) is 31.0 Å². The van der Waals surface area contributed by atoms with Gasteiger partial charge < -0.3 is 15.5 Å². The van der Waals surface area contributed by atoms with Gasteiger partial charge in [0.25, 0.3) is 0 Å². The fraction of sp³-hybridized carbons (Fsp3) is 0.929. The molecule has 1 amide bonds. The van der Waals surface area contributed by atoms with E-state index in [2.05, 4.69) is 31.0 Å². The second kappa shape index (κ2) is 7.82. The van der Waals surface area contributed by atoms with Gasteiger partial charge in [0.15, 0.2) is 0 Å². The fourth-order valence-electron chi connectivity index (χ4n) is 2.96. The number of aliphatic hydroxyl groups is 2. The Hall–Kier alpha value is -0.650. The van der Waals surface area contributed by atoms with Crippen molar-refractivity contribution < 1.29 is 15.0 Å². The van der Waals surface area contributed by atoms with Gasteiger partial charge in [0.1, 0.15) is 0 Å². The van der Waals surface area contributed by atoms with Crippen LogP contribution >= 0.6 is 0 Å². The average Bonchev–Trinajstić information content (AvgIpc) is 2.37. The number of β-amino-alcohol motifs (C(OH)–C–C–N with tert-alkyl or cyclic N) is 1. The van der Waals surface area contributed by atoms with Crippen molar-refractivity contribution in [2.75, 3.05) is 13.1 Å². The van der Waals surface area contributed by atoms with Gasteiger partial charge in [-0.25, -0.2) is 0 Å². The molecule has 1 aliphatic heterocycles. The zero-order valence-corrected chi connectivity index (χ0v) is 12.2. The van der Waals surface area contributed by atoms with Crippen LogP contribution in [0, 0.1) is 5.92 Å². The van der Waals surface area contributed by atoms with Gasteiger partial charge in [0, 0.05) is 25.2 Å². The summed E-state index contributed by atoms with van der Waals surface area (Å²) in [5.41, 5.74) is 0. The Balaban J connectivity index is 2.57. The highest BCUT2D eigenvalue weighted by atomic mass is 16.3. The lowest BCUT2D eigenvalue weighted by Crippen LogP contribution is -2.53. The molecule has 0 aromatic carbocycles. The lowest BCUT2D eigenvalue weighted by molar-refractivity contribution is -0.110. The molecule has 5 heteroatoms. The number of carbonyl (C=O) groups is 1. The van der Waals surface area contributed by atoms with Crippen LogP contribution in [0.1, 0.15) is 40.0 Å². The Labute approximate surface area is 116 Å². The number of nitrogens with zero attached hydrogens (tertiary/aromatic N) is 1. The van der Waals surface area contributed by atoms with Gasteiger partial charge in [0.2, 0.25) is 6.41 Å². The van der Waals surface area contributed by atoms with Crippen LogP contribution in [0.2, 0.25) is 0 Å². The van der Waals surface area contributed by atoms with Crippen molar-refractivity contribution in [2.45, 2.75) is 64.3 Å². The zero-order valence-electron chi connectivity index (χ0n) is 12.2. The maximum absolute atomic E-state index is 10.2. The van der Waals surface area contributed by atoms with Gasteiger partial charge >= 0.3 is 0 Å². The average molecular weight is 272 g/mol. The van der Waals surface area contributed by atoms with E-state index in [1.165, 1.54) is 6.42 Å². The topological polar surface area (TPSA) is 72.8 Å². The fourth-order valence-corrected chi connectivity index (χ4v) is 2.96. The number of hydrogen-bond acceptors (Lipinski definition) is 4. The number of hydrogen-bond donors (Lipinski definition) is 3. The van der Waals surface area contributed by atoms with Crippen LogP contribution in [0.3, 0.4) is 0 Å².